The lowest BCUT2D eigenvalue weighted by atomic mass is 9.46. The van der Waals surface area contributed by atoms with Crippen LogP contribution in [-0.2, 0) is 9.59 Å². The maximum Gasteiger partial charge on any atom is 0.155 e. The Morgan fingerprint density at radius 3 is 2.58 bits per heavy atom. The fourth-order valence-corrected chi connectivity index (χ4v) is 7.56. The minimum Gasteiger partial charge on any atom is -0.459 e. The molecule has 0 spiro atoms. The number of aliphatic hydroxyl groups is 1. The summed E-state index contributed by atoms with van der Waals surface area (Å²) in [4.78, 5) is 25.7. The van der Waals surface area contributed by atoms with E-state index in [1.54, 1.807) is 0 Å². The number of carbonyl (C=O) groups excluding carboxylic acids is 2. The van der Waals surface area contributed by atoms with Crippen molar-refractivity contribution in [3.63, 3.8) is 0 Å². The second kappa shape index (κ2) is 6.90. The molecule has 164 valence electrons. The van der Waals surface area contributed by atoms with Gasteiger partial charge in [-0.3, -0.25) is 9.59 Å². The lowest BCUT2D eigenvalue weighted by Crippen LogP contribution is -2.59. The number of para-hydroxylation sites is 1. The number of hydrogen-bond acceptors (Lipinski definition) is 4. The van der Waals surface area contributed by atoms with Crippen LogP contribution in [0, 0.1) is 28.6 Å². The molecule has 1 aromatic rings. The van der Waals surface area contributed by atoms with Crippen LogP contribution in [0.25, 0.3) is 0 Å². The molecular weight excluding hydrogens is 388 g/mol. The van der Waals surface area contributed by atoms with Crippen LogP contribution in [0.5, 0.6) is 5.75 Å². The van der Waals surface area contributed by atoms with Gasteiger partial charge < -0.3 is 9.84 Å². The Morgan fingerprint density at radius 2 is 1.84 bits per heavy atom. The quantitative estimate of drug-likeness (QED) is 0.698. The molecule has 0 bridgehead atoms. The molecule has 3 saturated carbocycles. The van der Waals surface area contributed by atoms with Gasteiger partial charge in [-0.2, -0.15) is 0 Å². The van der Waals surface area contributed by atoms with E-state index in [1.807, 2.05) is 36.4 Å². The molecule has 6 atom stereocenters. The van der Waals surface area contributed by atoms with Gasteiger partial charge >= 0.3 is 0 Å². The van der Waals surface area contributed by atoms with Crippen LogP contribution >= 0.6 is 0 Å². The Balaban J connectivity index is 1.47. The number of allylic oxidation sites excluding steroid dienone is 1. The van der Waals surface area contributed by atoms with E-state index in [4.69, 9.17) is 4.74 Å². The second-order valence-electron chi connectivity index (χ2n) is 10.6. The van der Waals surface area contributed by atoms with Gasteiger partial charge in [0.1, 0.15) is 22.9 Å². The first kappa shape index (κ1) is 20.7. The van der Waals surface area contributed by atoms with Gasteiger partial charge in [0.05, 0.1) is 0 Å². The number of ketones is 2. The van der Waals surface area contributed by atoms with Crippen molar-refractivity contribution in [2.75, 3.05) is 0 Å². The predicted molar refractivity (Wildman–Crippen MR) is 118 cm³/mol. The molecule has 3 fully saturated rings. The average Bonchev–Trinajstić information content (AvgIpc) is 3.00. The Labute approximate surface area is 184 Å². The van der Waals surface area contributed by atoms with Gasteiger partial charge in [-0.1, -0.05) is 44.2 Å². The van der Waals surface area contributed by atoms with E-state index in [0.717, 1.165) is 25.7 Å². The zero-order valence-corrected chi connectivity index (χ0v) is 18.5. The molecular formula is C27H32O4. The third-order valence-corrected chi connectivity index (χ3v) is 9.25. The van der Waals surface area contributed by atoms with Crippen molar-refractivity contribution in [3.05, 3.63) is 54.3 Å². The van der Waals surface area contributed by atoms with Crippen LogP contribution in [0.15, 0.2) is 54.3 Å². The number of hydrogen-bond donors (Lipinski definition) is 1. The highest BCUT2D eigenvalue weighted by atomic mass is 16.5. The number of fused-ring (bicyclic) bond motifs is 5. The van der Waals surface area contributed by atoms with Crippen LogP contribution in [0.1, 0.15) is 58.8 Å². The first-order chi connectivity index (χ1) is 14.7. The van der Waals surface area contributed by atoms with Crippen molar-refractivity contribution in [1.82, 2.24) is 0 Å². The Morgan fingerprint density at radius 1 is 1.10 bits per heavy atom. The monoisotopic (exact) mass is 420 g/mol. The molecule has 1 unspecified atom stereocenters. The zero-order chi connectivity index (χ0) is 22.0. The fraction of sp³-hybridized carbons (Fsp3) is 0.556. The minimum atomic E-state index is -1.23. The maximum atomic E-state index is 13.7. The molecule has 4 aliphatic rings. The summed E-state index contributed by atoms with van der Waals surface area (Å²) in [7, 11) is 0. The second-order valence-corrected chi connectivity index (χ2v) is 10.6. The van der Waals surface area contributed by atoms with Crippen LogP contribution in [0.2, 0.25) is 0 Å². The summed E-state index contributed by atoms with van der Waals surface area (Å²) < 4.78 is 6.00. The van der Waals surface area contributed by atoms with Crippen LogP contribution in [0.3, 0.4) is 0 Å². The van der Waals surface area contributed by atoms with Gasteiger partial charge in [0, 0.05) is 24.2 Å². The van der Waals surface area contributed by atoms with Gasteiger partial charge in [-0.25, -0.2) is 0 Å². The van der Waals surface area contributed by atoms with Crippen LogP contribution in [-0.4, -0.2) is 22.3 Å². The largest absolute Gasteiger partial charge is 0.459 e. The molecule has 31 heavy (non-hydrogen) atoms. The molecule has 4 heteroatoms. The van der Waals surface area contributed by atoms with E-state index in [9.17, 15) is 14.7 Å². The van der Waals surface area contributed by atoms with Crippen molar-refractivity contribution in [2.24, 2.45) is 28.6 Å². The first-order valence-electron chi connectivity index (χ1n) is 11.6. The number of benzene rings is 1. The molecule has 4 nitrogen and oxygen atoms in total. The third kappa shape index (κ3) is 2.83. The number of carbonyl (C=O) groups is 2. The van der Waals surface area contributed by atoms with Crippen LogP contribution < -0.4 is 4.74 Å². The molecule has 0 heterocycles. The molecule has 0 radical (unpaired) electrons. The topological polar surface area (TPSA) is 63.6 Å². The highest BCUT2D eigenvalue weighted by Crippen LogP contribution is 2.67. The maximum absolute atomic E-state index is 13.7. The third-order valence-electron chi connectivity index (χ3n) is 9.25. The molecule has 5 rings (SSSR count). The molecule has 0 aliphatic heterocycles. The lowest BCUT2D eigenvalue weighted by molar-refractivity contribution is -0.157. The van der Waals surface area contributed by atoms with E-state index in [0.29, 0.717) is 30.8 Å². The molecule has 1 aromatic carbocycles. The van der Waals surface area contributed by atoms with E-state index in [1.165, 1.54) is 5.57 Å². The zero-order valence-electron chi connectivity index (χ0n) is 18.5. The molecule has 0 saturated heterocycles. The molecule has 0 aromatic heterocycles. The van der Waals surface area contributed by atoms with Gasteiger partial charge in [0.15, 0.2) is 5.78 Å². The SMILES string of the molecule is C=C(Oc1ccccc1)[C@@]1(O)CC[C@H]2[C@@H]3CCC4=CC(=O)CC[C@]4(C)C3C(=O)C[C@@]21C. The standard InChI is InChI=1S/C27H32O4/c1-17(31-20-7-5-4-6-8-20)27(30)14-12-22-21-10-9-18-15-19(28)11-13-25(18,2)24(21)23(29)16-26(22,27)3/h4-8,15,21-22,24,30H,1,9-14,16H2,2-3H3/t21-,22-,24?,25-,26-,27-/m0/s1. The van der Waals surface area contributed by atoms with Crippen molar-refractivity contribution >= 4 is 11.6 Å². The first-order valence-corrected chi connectivity index (χ1v) is 11.6. The van der Waals surface area contributed by atoms with E-state index in [-0.39, 0.29) is 34.7 Å². The van der Waals surface area contributed by atoms with Crippen molar-refractivity contribution < 1.29 is 19.4 Å². The minimum absolute atomic E-state index is 0.0515. The molecule has 0 amide bonds. The molecule has 4 aliphatic carbocycles. The summed E-state index contributed by atoms with van der Waals surface area (Å²) >= 11 is 0. The summed E-state index contributed by atoms with van der Waals surface area (Å²) in [6, 6.07) is 9.41. The van der Waals surface area contributed by atoms with E-state index >= 15 is 0 Å². The Kier molecular flexibility index (Phi) is 4.60. The van der Waals surface area contributed by atoms with Crippen molar-refractivity contribution in [1.29, 1.82) is 0 Å². The van der Waals surface area contributed by atoms with Gasteiger partial charge in [0.25, 0.3) is 0 Å². The van der Waals surface area contributed by atoms with Crippen molar-refractivity contribution in [2.45, 2.75) is 64.4 Å². The van der Waals surface area contributed by atoms with E-state index < -0.39 is 11.0 Å². The highest BCUT2D eigenvalue weighted by molar-refractivity contribution is 5.93. The van der Waals surface area contributed by atoms with E-state index in [2.05, 4.69) is 20.4 Å². The van der Waals surface area contributed by atoms with Crippen LogP contribution in [0.4, 0.5) is 0 Å². The summed E-state index contributed by atoms with van der Waals surface area (Å²) in [5, 5.41) is 11.9. The molecule has 1 N–H and O–H groups in total. The smallest absolute Gasteiger partial charge is 0.155 e. The fourth-order valence-electron chi connectivity index (χ4n) is 7.56. The summed E-state index contributed by atoms with van der Waals surface area (Å²) in [6.45, 7) is 8.39. The van der Waals surface area contributed by atoms with Gasteiger partial charge in [-0.05, 0) is 67.6 Å². The highest BCUT2D eigenvalue weighted by Gasteiger charge is 2.67. The van der Waals surface area contributed by atoms with Crippen molar-refractivity contribution in [3.8, 4) is 5.75 Å². The number of ether oxygens (including phenoxy) is 1. The van der Waals surface area contributed by atoms with Gasteiger partial charge in [-0.15, -0.1) is 0 Å². The normalized spacial score (nSPS) is 41.6. The average molecular weight is 421 g/mol. The Hall–Kier alpha value is -2.20. The Bertz CT molecular complexity index is 978. The number of rotatable bonds is 3. The van der Waals surface area contributed by atoms with Gasteiger partial charge in [0.2, 0.25) is 0 Å². The number of Topliss-reactive ketones (excluding diaryl/α,β-unsaturated/α-hetero) is 1. The predicted octanol–water partition coefficient (Wildman–Crippen LogP) is 5.02. The lowest BCUT2D eigenvalue weighted by Gasteiger charge is -2.58. The summed E-state index contributed by atoms with van der Waals surface area (Å²) in [5.41, 5.74) is -0.854. The summed E-state index contributed by atoms with van der Waals surface area (Å²) in [6.07, 6.45) is 6.67. The summed E-state index contributed by atoms with van der Waals surface area (Å²) in [5.74, 6) is 1.86.